The van der Waals surface area contributed by atoms with E-state index in [9.17, 15) is 13.6 Å². The minimum Gasteiger partial charge on any atom is -0.377 e. The molecule has 1 aromatic rings. The number of anilines is 1. The van der Waals surface area contributed by atoms with Gasteiger partial charge in [0.2, 0.25) is 0 Å². The van der Waals surface area contributed by atoms with Crippen LogP contribution in [0.1, 0.15) is 53.4 Å². The van der Waals surface area contributed by atoms with E-state index in [1.165, 1.54) is 0 Å². The summed E-state index contributed by atoms with van der Waals surface area (Å²) >= 11 is 0. The maximum atomic E-state index is 13.3. The zero-order valence-electron chi connectivity index (χ0n) is 15.5. The molecule has 2 aliphatic heterocycles. The first-order chi connectivity index (χ1) is 12.2. The van der Waals surface area contributed by atoms with Gasteiger partial charge in [-0.05, 0) is 37.8 Å². The van der Waals surface area contributed by atoms with Crippen LogP contribution in [-0.4, -0.2) is 42.6 Å². The highest BCUT2D eigenvalue weighted by atomic mass is 19.3. The topological polar surface area (TPSA) is 54.5 Å². The quantitative estimate of drug-likeness (QED) is 0.891. The predicted molar refractivity (Wildman–Crippen MR) is 93.7 cm³/mol. The van der Waals surface area contributed by atoms with E-state index in [1.54, 1.807) is 6.92 Å². The van der Waals surface area contributed by atoms with Crippen molar-refractivity contribution in [1.82, 2.24) is 10.3 Å². The first kappa shape index (κ1) is 17.6. The smallest absolute Gasteiger partial charge is 0.256 e. The number of carbonyl (C=O) groups is 1. The van der Waals surface area contributed by atoms with Gasteiger partial charge in [0.1, 0.15) is 5.82 Å². The Labute approximate surface area is 152 Å². The summed E-state index contributed by atoms with van der Waals surface area (Å²) in [5.74, 6) is -1.68. The van der Waals surface area contributed by atoms with Crippen LogP contribution in [0.25, 0.3) is 0 Å². The molecule has 1 N–H and O–H groups in total. The number of aromatic nitrogens is 1. The lowest BCUT2D eigenvalue weighted by atomic mass is 10.0. The minimum absolute atomic E-state index is 0.0264. The summed E-state index contributed by atoms with van der Waals surface area (Å²) < 4.78 is 32.4. The van der Waals surface area contributed by atoms with E-state index >= 15 is 0 Å². The van der Waals surface area contributed by atoms with Crippen LogP contribution < -0.4 is 10.2 Å². The Balaban J connectivity index is 1.40. The highest BCUT2D eigenvalue weighted by Gasteiger charge is 2.68. The SMILES string of the molecule is Cc1c(N2CCC(OC[C@]3(C)CC3(F)F)CC2)nc2c(c1C)C(=O)NC2. The standard InChI is InChI=1S/C19H25F2N3O2/c1-11-12(2)16(23-14-8-22-17(25)15(11)14)24-6-4-13(5-7-24)26-10-18(3)9-19(18,20)21/h13H,4-10H2,1-3H3,(H,22,25)/t18-/m0/s1. The Kier molecular flexibility index (Phi) is 3.99. The Bertz CT molecular complexity index is 760. The molecule has 0 unspecified atom stereocenters. The number of alkyl halides is 2. The van der Waals surface area contributed by atoms with Crippen molar-refractivity contribution in [1.29, 1.82) is 0 Å². The summed E-state index contributed by atoms with van der Waals surface area (Å²) in [5.41, 5.74) is 2.57. The zero-order valence-corrected chi connectivity index (χ0v) is 15.5. The molecule has 0 radical (unpaired) electrons. The molecule has 1 saturated heterocycles. The third-order valence-corrected chi connectivity index (χ3v) is 6.20. The Morgan fingerprint density at radius 1 is 1.27 bits per heavy atom. The van der Waals surface area contributed by atoms with Crippen molar-refractivity contribution in [3.05, 3.63) is 22.4 Å². The lowest BCUT2D eigenvalue weighted by molar-refractivity contribution is -0.0245. The molecule has 1 aliphatic carbocycles. The zero-order chi connectivity index (χ0) is 18.7. The second-order valence-electron chi connectivity index (χ2n) is 8.13. The molecule has 3 aliphatic rings. The molecule has 0 aromatic carbocycles. The van der Waals surface area contributed by atoms with Gasteiger partial charge >= 0.3 is 0 Å². The molecule has 26 heavy (non-hydrogen) atoms. The largest absolute Gasteiger partial charge is 0.377 e. The van der Waals surface area contributed by atoms with Gasteiger partial charge in [0.15, 0.2) is 0 Å². The minimum atomic E-state index is -2.57. The van der Waals surface area contributed by atoms with E-state index in [0.717, 1.165) is 48.6 Å². The second-order valence-corrected chi connectivity index (χ2v) is 8.13. The third-order valence-electron chi connectivity index (χ3n) is 6.20. The molecule has 4 rings (SSSR count). The summed E-state index contributed by atoms with van der Waals surface area (Å²) in [6.07, 6.45) is 1.56. The number of amides is 1. The second kappa shape index (κ2) is 5.87. The highest BCUT2D eigenvalue weighted by molar-refractivity contribution is 5.99. The molecule has 0 spiro atoms. The van der Waals surface area contributed by atoms with Crippen molar-refractivity contribution in [2.75, 3.05) is 24.6 Å². The molecular weight excluding hydrogens is 340 g/mol. The fourth-order valence-electron chi connectivity index (χ4n) is 3.97. The van der Waals surface area contributed by atoms with E-state index in [2.05, 4.69) is 10.2 Å². The van der Waals surface area contributed by atoms with Crippen molar-refractivity contribution >= 4 is 11.7 Å². The van der Waals surface area contributed by atoms with E-state index in [0.29, 0.717) is 12.1 Å². The Morgan fingerprint density at radius 2 is 1.92 bits per heavy atom. The number of fused-ring (bicyclic) bond motifs is 1. The van der Waals surface area contributed by atoms with E-state index in [1.807, 2.05) is 13.8 Å². The molecule has 3 heterocycles. The lowest BCUT2D eigenvalue weighted by Gasteiger charge is -2.34. The van der Waals surface area contributed by atoms with Crippen molar-refractivity contribution in [2.24, 2.45) is 5.41 Å². The van der Waals surface area contributed by atoms with E-state index < -0.39 is 11.3 Å². The number of piperidine rings is 1. The summed E-state index contributed by atoms with van der Waals surface area (Å²) in [6, 6.07) is 0. The van der Waals surface area contributed by atoms with Crippen LogP contribution in [0.5, 0.6) is 0 Å². The van der Waals surface area contributed by atoms with E-state index in [4.69, 9.17) is 9.72 Å². The van der Waals surface area contributed by atoms with Gasteiger partial charge in [-0.2, -0.15) is 0 Å². The number of rotatable bonds is 4. The van der Waals surface area contributed by atoms with Crippen LogP contribution in [-0.2, 0) is 11.3 Å². The van der Waals surface area contributed by atoms with Gasteiger partial charge in [-0.1, -0.05) is 6.92 Å². The molecular formula is C19H25F2N3O2. The number of nitrogens with zero attached hydrogens (tertiary/aromatic N) is 2. The summed E-state index contributed by atoms with van der Waals surface area (Å²) in [6.45, 7) is 7.75. The number of pyridine rings is 1. The molecule has 5 nitrogen and oxygen atoms in total. The predicted octanol–water partition coefficient (Wildman–Crippen LogP) is 2.97. The van der Waals surface area contributed by atoms with Crippen LogP contribution in [0.15, 0.2) is 0 Å². The third kappa shape index (κ3) is 2.76. The van der Waals surface area contributed by atoms with Gasteiger partial charge < -0.3 is 15.0 Å². The molecule has 7 heteroatoms. The molecule has 1 aromatic heterocycles. The summed E-state index contributed by atoms with van der Waals surface area (Å²) in [7, 11) is 0. The van der Waals surface area contributed by atoms with Crippen molar-refractivity contribution in [3.63, 3.8) is 0 Å². The molecule has 1 amide bonds. The maximum absolute atomic E-state index is 13.3. The highest BCUT2D eigenvalue weighted by Crippen LogP contribution is 2.60. The average molecular weight is 365 g/mol. The normalized spacial score (nSPS) is 27.4. The average Bonchev–Trinajstić information content (AvgIpc) is 2.91. The van der Waals surface area contributed by atoms with Crippen molar-refractivity contribution in [3.8, 4) is 0 Å². The van der Waals surface area contributed by atoms with Crippen LogP contribution in [0.4, 0.5) is 14.6 Å². The Hall–Kier alpha value is -1.76. The monoisotopic (exact) mass is 365 g/mol. The molecule has 142 valence electrons. The van der Waals surface area contributed by atoms with Crippen molar-refractivity contribution < 1.29 is 18.3 Å². The number of hydrogen-bond acceptors (Lipinski definition) is 4. The van der Waals surface area contributed by atoms with Gasteiger partial charge in [0.25, 0.3) is 11.8 Å². The van der Waals surface area contributed by atoms with Gasteiger partial charge in [-0.25, -0.2) is 13.8 Å². The fourth-order valence-corrected chi connectivity index (χ4v) is 3.97. The number of carbonyl (C=O) groups excluding carboxylic acids is 1. The van der Waals surface area contributed by atoms with E-state index in [-0.39, 0.29) is 25.0 Å². The van der Waals surface area contributed by atoms with Gasteiger partial charge in [-0.15, -0.1) is 0 Å². The number of halogens is 2. The molecule has 0 bridgehead atoms. The molecule has 2 fully saturated rings. The van der Waals surface area contributed by atoms with Crippen LogP contribution in [0, 0.1) is 19.3 Å². The summed E-state index contributed by atoms with van der Waals surface area (Å²) in [4.78, 5) is 18.9. The number of ether oxygens (including phenoxy) is 1. The van der Waals surface area contributed by atoms with Gasteiger partial charge in [0.05, 0.1) is 35.9 Å². The Morgan fingerprint density at radius 3 is 2.54 bits per heavy atom. The summed E-state index contributed by atoms with van der Waals surface area (Å²) in [5, 5.41) is 2.83. The van der Waals surface area contributed by atoms with Gasteiger partial charge in [-0.3, -0.25) is 4.79 Å². The molecule has 1 saturated carbocycles. The fraction of sp³-hybridized carbons (Fsp3) is 0.684. The van der Waals surface area contributed by atoms with Gasteiger partial charge in [0, 0.05) is 19.5 Å². The molecule has 1 atom stereocenters. The van der Waals surface area contributed by atoms with Crippen LogP contribution in [0.3, 0.4) is 0 Å². The number of nitrogens with one attached hydrogen (secondary N) is 1. The lowest BCUT2D eigenvalue weighted by Crippen LogP contribution is -2.39. The van der Waals surface area contributed by atoms with Crippen LogP contribution >= 0.6 is 0 Å². The van der Waals surface area contributed by atoms with Crippen LogP contribution in [0.2, 0.25) is 0 Å². The first-order valence-electron chi connectivity index (χ1n) is 9.24. The first-order valence-corrected chi connectivity index (χ1v) is 9.24. The van der Waals surface area contributed by atoms with Crippen molar-refractivity contribution in [2.45, 2.75) is 58.6 Å². The number of hydrogen-bond donors (Lipinski definition) is 1. The maximum Gasteiger partial charge on any atom is 0.256 e.